The first-order chi connectivity index (χ1) is 16.9. The summed E-state index contributed by atoms with van der Waals surface area (Å²) in [6, 6.07) is 8.10. The number of nitrogens with two attached hydrogens (primary N) is 1. The second kappa shape index (κ2) is 12.0. The summed E-state index contributed by atoms with van der Waals surface area (Å²) in [5.41, 5.74) is 10.2. The van der Waals surface area contributed by atoms with E-state index in [9.17, 15) is 9.59 Å². The van der Waals surface area contributed by atoms with Gasteiger partial charge in [-0.15, -0.1) is 12.4 Å². The van der Waals surface area contributed by atoms with Crippen molar-refractivity contribution in [2.75, 3.05) is 56.5 Å². The van der Waals surface area contributed by atoms with Crippen LogP contribution in [0.2, 0.25) is 0 Å². The summed E-state index contributed by atoms with van der Waals surface area (Å²) in [5, 5.41) is 3.25. The average Bonchev–Trinajstić information content (AvgIpc) is 2.89. The molecule has 0 unspecified atom stereocenters. The number of benzene rings is 1. The van der Waals surface area contributed by atoms with Crippen LogP contribution < -0.4 is 16.0 Å². The summed E-state index contributed by atoms with van der Waals surface area (Å²) in [4.78, 5) is 40.0. The molecule has 10 heteroatoms. The van der Waals surface area contributed by atoms with Crippen molar-refractivity contribution in [3.63, 3.8) is 0 Å². The van der Waals surface area contributed by atoms with Gasteiger partial charge in [-0.3, -0.25) is 9.59 Å². The van der Waals surface area contributed by atoms with Gasteiger partial charge in [0.05, 0.1) is 11.4 Å². The van der Waals surface area contributed by atoms with Crippen molar-refractivity contribution in [3.8, 4) is 0 Å². The predicted molar refractivity (Wildman–Crippen MR) is 146 cm³/mol. The van der Waals surface area contributed by atoms with Gasteiger partial charge in [0.1, 0.15) is 0 Å². The quantitative estimate of drug-likeness (QED) is 0.550. The first kappa shape index (κ1) is 27.2. The molecular weight excluding hydrogens is 478 g/mol. The van der Waals surface area contributed by atoms with Crippen LogP contribution >= 0.6 is 12.4 Å². The molecule has 0 spiro atoms. The lowest BCUT2D eigenvalue weighted by Crippen LogP contribution is -2.44. The van der Waals surface area contributed by atoms with E-state index < -0.39 is 5.91 Å². The van der Waals surface area contributed by atoms with Crippen molar-refractivity contribution >= 4 is 47.0 Å². The summed E-state index contributed by atoms with van der Waals surface area (Å²) >= 11 is 0. The molecule has 0 atom stereocenters. The fourth-order valence-corrected chi connectivity index (χ4v) is 4.40. The van der Waals surface area contributed by atoms with Gasteiger partial charge in [0, 0.05) is 50.6 Å². The highest BCUT2D eigenvalue weighted by atomic mass is 35.5. The zero-order chi connectivity index (χ0) is 24.9. The molecule has 1 aromatic carbocycles. The van der Waals surface area contributed by atoms with E-state index >= 15 is 0 Å². The fourth-order valence-electron chi connectivity index (χ4n) is 4.40. The molecule has 192 valence electrons. The maximum Gasteiger partial charge on any atom is 0.271 e. The van der Waals surface area contributed by atoms with Crippen molar-refractivity contribution in [2.24, 2.45) is 5.73 Å². The number of primary amides is 1. The largest absolute Gasteiger partial charge is 0.369 e. The molecule has 2 amide bonds. The first-order valence-electron chi connectivity index (χ1n) is 12.0. The van der Waals surface area contributed by atoms with E-state index in [0.29, 0.717) is 37.4 Å². The highest BCUT2D eigenvalue weighted by Gasteiger charge is 2.23. The number of hydrogen-bond acceptors (Lipinski definition) is 7. The molecule has 4 rings (SSSR count). The average molecular weight is 512 g/mol. The molecule has 1 saturated heterocycles. The van der Waals surface area contributed by atoms with Crippen LogP contribution in [0.15, 0.2) is 43.0 Å². The number of nitrogens with zero attached hydrogens (tertiary/aromatic N) is 5. The lowest BCUT2D eigenvalue weighted by Gasteiger charge is -2.34. The number of hydrogen-bond donors (Lipinski definition) is 2. The number of anilines is 3. The molecule has 2 aliphatic rings. The number of carbonyl (C=O) groups is 2. The second-order valence-corrected chi connectivity index (χ2v) is 8.86. The number of rotatable bonds is 7. The third kappa shape index (κ3) is 6.03. The van der Waals surface area contributed by atoms with Gasteiger partial charge >= 0.3 is 0 Å². The zero-order valence-corrected chi connectivity index (χ0v) is 21.7. The fraction of sp³-hybridized carbons (Fsp3) is 0.385. The van der Waals surface area contributed by atoms with Gasteiger partial charge in [-0.1, -0.05) is 19.6 Å². The molecule has 1 aromatic heterocycles. The molecular formula is C26H34ClN7O2. The van der Waals surface area contributed by atoms with E-state index in [2.05, 4.69) is 45.9 Å². The van der Waals surface area contributed by atoms with E-state index in [0.717, 1.165) is 48.8 Å². The van der Waals surface area contributed by atoms with Crippen LogP contribution in [-0.4, -0.2) is 77.9 Å². The first-order valence-corrected chi connectivity index (χ1v) is 12.0. The Hall–Kier alpha value is -3.43. The summed E-state index contributed by atoms with van der Waals surface area (Å²) < 4.78 is 0. The van der Waals surface area contributed by atoms with Crippen molar-refractivity contribution in [1.82, 2.24) is 19.8 Å². The standard InChI is InChI=1S/C26H33N7O2.ClH/c1-4-21-23(18-10-12-33(13-11-18)22(34)5-2)30-26(24(29-21)25(27)35)28-19-6-8-20(9-7-19)32-16-14-31(3)15-17-32;/h5-10H,2,4,11-17H2,1,3H3,(H2,27,35)(H,28,30);1H. The molecule has 2 aliphatic heterocycles. The summed E-state index contributed by atoms with van der Waals surface area (Å²) in [5.74, 6) is -0.383. The normalized spacial score (nSPS) is 16.1. The van der Waals surface area contributed by atoms with Gasteiger partial charge in [-0.05, 0) is 55.8 Å². The lowest BCUT2D eigenvalue weighted by molar-refractivity contribution is -0.125. The predicted octanol–water partition coefficient (Wildman–Crippen LogP) is 2.86. The molecule has 3 heterocycles. The maximum atomic E-state index is 12.2. The Bertz CT molecular complexity index is 1140. The number of carbonyl (C=O) groups excluding carboxylic acids is 2. The van der Waals surface area contributed by atoms with Crippen LogP contribution in [-0.2, 0) is 11.2 Å². The molecule has 3 N–H and O–H groups in total. The number of amides is 2. The lowest BCUT2D eigenvalue weighted by atomic mass is 10.0. The zero-order valence-electron chi connectivity index (χ0n) is 20.9. The molecule has 0 saturated carbocycles. The third-order valence-corrected chi connectivity index (χ3v) is 6.53. The van der Waals surface area contributed by atoms with Crippen LogP contribution in [0.25, 0.3) is 5.57 Å². The Balaban J connectivity index is 0.00000361. The number of halogens is 1. The SMILES string of the molecule is C=CC(=O)N1CC=C(c2nc(Nc3ccc(N4CCN(C)CC4)cc3)c(C(N)=O)nc2CC)CC1.Cl. The van der Waals surface area contributed by atoms with E-state index in [4.69, 9.17) is 10.7 Å². The van der Waals surface area contributed by atoms with Gasteiger partial charge in [0.2, 0.25) is 5.91 Å². The van der Waals surface area contributed by atoms with Crippen molar-refractivity contribution in [2.45, 2.75) is 19.8 Å². The highest BCUT2D eigenvalue weighted by Crippen LogP contribution is 2.28. The Labute approximate surface area is 218 Å². The monoisotopic (exact) mass is 511 g/mol. The Morgan fingerprint density at radius 2 is 1.81 bits per heavy atom. The van der Waals surface area contributed by atoms with Crippen molar-refractivity contribution in [1.29, 1.82) is 0 Å². The summed E-state index contributed by atoms with van der Waals surface area (Å²) in [7, 11) is 2.14. The van der Waals surface area contributed by atoms with Gasteiger partial charge in [-0.25, -0.2) is 9.97 Å². The number of likely N-dealkylation sites (N-methyl/N-ethyl adjacent to an activating group) is 1. The number of piperazine rings is 1. The Morgan fingerprint density at radius 3 is 2.36 bits per heavy atom. The van der Waals surface area contributed by atoms with Gasteiger partial charge in [-0.2, -0.15) is 0 Å². The molecule has 0 aliphatic carbocycles. The van der Waals surface area contributed by atoms with Gasteiger partial charge in [0.15, 0.2) is 11.5 Å². The van der Waals surface area contributed by atoms with E-state index in [-0.39, 0.29) is 24.0 Å². The smallest absolute Gasteiger partial charge is 0.271 e. The van der Waals surface area contributed by atoms with Crippen LogP contribution in [0.3, 0.4) is 0 Å². The summed E-state index contributed by atoms with van der Waals surface area (Å²) in [6.07, 6.45) is 4.58. The van der Waals surface area contributed by atoms with E-state index in [1.807, 2.05) is 25.1 Å². The topological polar surface area (TPSA) is 108 Å². The van der Waals surface area contributed by atoms with Gasteiger partial charge < -0.3 is 25.8 Å². The number of nitrogens with one attached hydrogen (secondary N) is 1. The molecule has 0 bridgehead atoms. The van der Waals surface area contributed by atoms with Crippen molar-refractivity contribution < 1.29 is 9.59 Å². The maximum absolute atomic E-state index is 12.2. The van der Waals surface area contributed by atoms with Crippen LogP contribution in [0.4, 0.5) is 17.2 Å². The van der Waals surface area contributed by atoms with E-state index in [1.54, 1.807) is 4.90 Å². The molecule has 36 heavy (non-hydrogen) atoms. The third-order valence-electron chi connectivity index (χ3n) is 6.53. The Kier molecular flexibility index (Phi) is 9.06. The second-order valence-electron chi connectivity index (χ2n) is 8.86. The minimum atomic E-state index is -0.629. The molecule has 2 aromatic rings. The van der Waals surface area contributed by atoms with E-state index in [1.165, 1.54) is 6.08 Å². The van der Waals surface area contributed by atoms with Crippen LogP contribution in [0.1, 0.15) is 35.2 Å². The van der Waals surface area contributed by atoms with Crippen LogP contribution in [0.5, 0.6) is 0 Å². The number of aromatic nitrogens is 2. The minimum absolute atomic E-state index is 0. The van der Waals surface area contributed by atoms with Gasteiger partial charge in [0.25, 0.3) is 5.91 Å². The molecule has 0 radical (unpaired) electrons. The van der Waals surface area contributed by atoms with Crippen molar-refractivity contribution in [3.05, 3.63) is 60.1 Å². The highest BCUT2D eigenvalue weighted by molar-refractivity contribution is 5.96. The number of aryl methyl sites for hydroxylation is 1. The molecule has 1 fully saturated rings. The Morgan fingerprint density at radius 1 is 1.11 bits per heavy atom. The summed E-state index contributed by atoms with van der Waals surface area (Å²) in [6.45, 7) is 10.7. The minimum Gasteiger partial charge on any atom is -0.369 e. The van der Waals surface area contributed by atoms with Crippen LogP contribution in [0, 0.1) is 0 Å². The molecule has 9 nitrogen and oxygen atoms in total.